The third kappa shape index (κ3) is 7.41. The van der Waals surface area contributed by atoms with E-state index in [1.165, 1.54) is 36.9 Å². The molecule has 2 aliphatic heterocycles. The summed E-state index contributed by atoms with van der Waals surface area (Å²) in [5, 5.41) is 6.48. The highest BCUT2D eigenvalue weighted by atomic mass is 127. The molecule has 2 saturated heterocycles. The molecular weight excluding hydrogens is 489 g/mol. The molecule has 7 heteroatoms. The third-order valence-electron chi connectivity index (χ3n) is 6.05. The van der Waals surface area contributed by atoms with E-state index in [0.717, 1.165) is 39.0 Å². The monoisotopic (exact) mass is 527 g/mol. The van der Waals surface area contributed by atoms with Crippen LogP contribution in [0.5, 0.6) is 0 Å². The SMILES string of the molecule is CCNC(=NCc1ccccc1CN1CCCCC1C)NCC(=O)N1CCCC1.I. The van der Waals surface area contributed by atoms with E-state index in [9.17, 15) is 4.79 Å². The molecule has 0 bridgehead atoms. The van der Waals surface area contributed by atoms with Gasteiger partial charge in [0.2, 0.25) is 5.91 Å². The molecule has 2 heterocycles. The minimum absolute atomic E-state index is 0. The number of benzene rings is 1. The number of carbonyl (C=O) groups excluding carboxylic acids is 1. The maximum absolute atomic E-state index is 12.3. The van der Waals surface area contributed by atoms with Crippen molar-refractivity contribution in [3.05, 3.63) is 35.4 Å². The first-order chi connectivity index (χ1) is 14.2. The molecule has 1 unspecified atom stereocenters. The number of likely N-dealkylation sites (tertiary alicyclic amines) is 2. The highest BCUT2D eigenvalue weighted by Crippen LogP contribution is 2.21. The first-order valence-electron chi connectivity index (χ1n) is 11.3. The van der Waals surface area contributed by atoms with Crippen LogP contribution in [0.3, 0.4) is 0 Å². The smallest absolute Gasteiger partial charge is 0.241 e. The molecule has 1 aromatic carbocycles. The van der Waals surface area contributed by atoms with Crippen LogP contribution in [-0.4, -0.2) is 60.4 Å². The molecule has 2 fully saturated rings. The summed E-state index contributed by atoms with van der Waals surface area (Å²) in [6.07, 6.45) is 6.17. The molecule has 0 aliphatic carbocycles. The summed E-state index contributed by atoms with van der Waals surface area (Å²) in [5.74, 6) is 0.869. The summed E-state index contributed by atoms with van der Waals surface area (Å²) < 4.78 is 0. The Labute approximate surface area is 198 Å². The molecule has 2 N–H and O–H groups in total. The zero-order valence-electron chi connectivity index (χ0n) is 18.5. The van der Waals surface area contributed by atoms with Crippen LogP contribution in [0.25, 0.3) is 0 Å². The fourth-order valence-electron chi connectivity index (χ4n) is 4.22. The van der Waals surface area contributed by atoms with Gasteiger partial charge in [0.05, 0.1) is 13.1 Å². The molecule has 0 radical (unpaired) electrons. The number of nitrogens with one attached hydrogen (secondary N) is 2. The molecule has 1 atom stereocenters. The zero-order valence-corrected chi connectivity index (χ0v) is 20.9. The predicted octanol–water partition coefficient (Wildman–Crippen LogP) is 3.36. The molecule has 0 spiro atoms. The second kappa shape index (κ2) is 13.1. The van der Waals surface area contributed by atoms with Gasteiger partial charge >= 0.3 is 0 Å². The fraction of sp³-hybridized carbons (Fsp3) is 0.652. The molecule has 2 aliphatic rings. The number of aliphatic imine (C=N–C) groups is 1. The molecule has 1 amide bonds. The van der Waals surface area contributed by atoms with Crippen LogP contribution in [0.2, 0.25) is 0 Å². The van der Waals surface area contributed by atoms with E-state index in [2.05, 4.69) is 46.7 Å². The van der Waals surface area contributed by atoms with Crippen molar-refractivity contribution in [1.29, 1.82) is 0 Å². The van der Waals surface area contributed by atoms with Crippen molar-refractivity contribution in [1.82, 2.24) is 20.4 Å². The van der Waals surface area contributed by atoms with Gasteiger partial charge in [0.15, 0.2) is 5.96 Å². The Balaban J connectivity index is 0.00000320. The average Bonchev–Trinajstić information content (AvgIpc) is 3.27. The van der Waals surface area contributed by atoms with Crippen molar-refractivity contribution in [2.75, 3.05) is 32.7 Å². The van der Waals surface area contributed by atoms with Gasteiger partial charge in [-0.25, -0.2) is 4.99 Å². The van der Waals surface area contributed by atoms with Crippen LogP contribution in [0, 0.1) is 0 Å². The van der Waals surface area contributed by atoms with Crippen LogP contribution in [0.4, 0.5) is 0 Å². The van der Waals surface area contributed by atoms with Gasteiger partial charge in [0.1, 0.15) is 0 Å². The molecule has 168 valence electrons. The number of halogens is 1. The Kier molecular flexibility index (Phi) is 10.9. The topological polar surface area (TPSA) is 60.0 Å². The van der Waals surface area contributed by atoms with Gasteiger partial charge in [-0.3, -0.25) is 9.69 Å². The van der Waals surface area contributed by atoms with Crippen molar-refractivity contribution >= 4 is 35.8 Å². The molecule has 6 nitrogen and oxygen atoms in total. The van der Waals surface area contributed by atoms with E-state index in [0.29, 0.717) is 25.1 Å². The van der Waals surface area contributed by atoms with E-state index in [4.69, 9.17) is 4.99 Å². The normalized spacial score (nSPS) is 20.0. The van der Waals surface area contributed by atoms with Gasteiger partial charge in [-0.2, -0.15) is 0 Å². The second-order valence-electron chi connectivity index (χ2n) is 8.22. The number of amides is 1. The number of guanidine groups is 1. The number of carbonyl (C=O) groups is 1. The van der Waals surface area contributed by atoms with Crippen LogP contribution >= 0.6 is 24.0 Å². The number of hydrogen-bond donors (Lipinski definition) is 2. The summed E-state index contributed by atoms with van der Waals surface area (Å²) in [5.41, 5.74) is 2.61. The Hall–Kier alpha value is -1.35. The quantitative estimate of drug-likeness (QED) is 0.325. The van der Waals surface area contributed by atoms with Crippen molar-refractivity contribution in [2.45, 2.75) is 65.1 Å². The van der Waals surface area contributed by atoms with Crippen molar-refractivity contribution in [2.24, 2.45) is 4.99 Å². The second-order valence-corrected chi connectivity index (χ2v) is 8.22. The van der Waals surface area contributed by atoms with Crippen LogP contribution in [0.1, 0.15) is 57.1 Å². The number of rotatable bonds is 7. The molecule has 30 heavy (non-hydrogen) atoms. The molecule has 0 aromatic heterocycles. The Morgan fingerprint density at radius 2 is 1.77 bits per heavy atom. The fourth-order valence-corrected chi connectivity index (χ4v) is 4.22. The largest absolute Gasteiger partial charge is 0.357 e. The van der Waals surface area contributed by atoms with Crippen LogP contribution in [-0.2, 0) is 17.9 Å². The summed E-state index contributed by atoms with van der Waals surface area (Å²) in [6, 6.07) is 9.26. The highest BCUT2D eigenvalue weighted by Gasteiger charge is 2.19. The van der Waals surface area contributed by atoms with E-state index in [-0.39, 0.29) is 29.9 Å². The van der Waals surface area contributed by atoms with E-state index in [1.807, 2.05) is 11.8 Å². The minimum Gasteiger partial charge on any atom is -0.357 e. The Morgan fingerprint density at radius 3 is 2.47 bits per heavy atom. The van der Waals surface area contributed by atoms with Gasteiger partial charge in [0, 0.05) is 32.2 Å². The standard InChI is InChI=1S/C23H37N5O.HI/c1-3-24-23(26-17-22(29)27-13-8-9-14-27)25-16-20-11-4-5-12-21(20)18-28-15-7-6-10-19(28)2;/h4-5,11-12,19H,3,6-10,13-18H2,1-2H3,(H2,24,25,26);1H. The van der Waals surface area contributed by atoms with Crippen molar-refractivity contribution in [3.8, 4) is 0 Å². The summed E-state index contributed by atoms with van der Waals surface area (Å²) >= 11 is 0. The Morgan fingerprint density at radius 1 is 1.07 bits per heavy atom. The Bertz CT molecular complexity index is 690. The lowest BCUT2D eigenvalue weighted by molar-refractivity contribution is -0.128. The number of nitrogens with zero attached hydrogens (tertiary/aromatic N) is 3. The first kappa shape index (κ1) is 24.9. The first-order valence-corrected chi connectivity index (χ1v) is 11.3. The number of piperidine rings is 1. The number of hydrogen-bond acceptors (Lipinski definition) is 3. The van der Waals surface area contributed by atoms with Gasteiger partial charge < -0.3 is 15.5 Å². The van der Waals surface area contributed by atoms with Crippen molar-refractivity contribution < 1.29 is 4.79 Å². The average molecular weight is 527 g/mol. The molecular formula is C23H38IN5O. The maximum Gasteiger partial charge on any atom is 0.241 e. The highest BCUT2D eigenvalue weighted by molar-refractivity contribution is 14.0. The van der Waals surface area contributed by atoms with E-state index < -0.39 is 0 Å². The summed E-state index contributed by atoms with van der Waals surface area (Å²) in [7, 11) is 0. The van der Waals surface area contributed by atoms with Crippen LogP contribution in [0.15, 0.2) is 29.3 Å². The predicted molar refractivity (Wildman–Crippen MR) is 134 cm³/mol. The van der Waals surface area contributed by atoms with Gasteiger partial charge in [-0.1, -0.05) is 30.7 Å². The van der Waals surface area contributed by atoms with E-state index >= 15 is 0 Å². The molecule has 3 rings (SSSR count). The van der Waals surface area contributed by atoms with Crippen LogP contribution < -0.4 is 10.6 Å². The summed E-state index contributed by atoms with van der Waals surface area (Å²) in [4.78, 5) is 21.6. The van der Waals surface area contributed by atoms with Gasteiger partial charge in [-0.05, 0) is 57.2 Å². The van der Waals surface area contributed by atoms with E-state index in [1.54, 1.807) is 0 Å². The lowest BCUT2D eigenvalue weighted by atomic mass is 10.0. The molecule has 1 aromatic rings. The van der Waals surface area contributed by atoms with Gasteiger partial charge in [-0.15, -0.1) is 24.0 Å². The molecule has 0 saturated carbocycles. The minimum atomic E-state index is 0. The van der Waals surface area contributed by atoms with Gasteiger partial charge in [0.25, 0.3) is 0 Å². The lowest BCUT2D eigenvalue weighted by Gasteiger charge is -2.33. The lowest BCUT2D eigenvalue weighted by Crippen LogP contribution is -2.44. The van der Waals surface area contributed by atoms with Crippen molar-refractivity contribution in [3.63, 3.8) is 0 Å². The zero-order chi connectivity index (χ0) is 20.5. The summed E-state index contributed by atoms with van der Waals surface area (Å²) in [6.45, 7) is 10.0. The maximum atomic E-state index is 12.3. The third-order valence-corrected chi connectivity index (χ3v) is 6.05.